The van der Waals surface area contributed by atoms with Crippen LogP contribution in [0.15, 0.2) is 53.0 Å². The maximum absolute atomic E-state index is 14.1. The molecule has 110 valence electrons. The van der Waals surface area contributed by atoms with E-state index in [1.165, 1.54) is 6.07 Å². The molecule has 0 aliphatic carbocycles. The lowest BCUT2D eigenvalue weighted by Gasteiger charge is -2.22. The highest BCUT2D eigenvalue weighted by Gasteiger charge is 2.20. The molecule has 0 aliphatic rings. The van der Waals surface area contributed by atoms with Crippen LogP contribution in [-0.2, 0) is 6.54 Å². The topological polar surface area (TPSA) is 46.3 Å². The summed E-state index contributed by atoms with van der Waals surface area (Å²) in [4.78, 5) is 14.1. The van der Waals surface area contributed by atoms with Gasteiger partial charge in [-0.25, -0.2) is 4.39 Å². The number of carbonyl (C=O) groups excluding carboxylic acids is 1. The van der Waals surface area contributed by atoms with Crippen LogP contribution in [0, 0.1) is 5.82 Å². The number of nitrogens with two attached hydrogens (primary N) is 1. The molecule has 1 amide bonds. The average Bonchev–Trinajstić information content (AvgIpc) is 2.50. The summed E-state index contributed by atoms with van der Waals surface area (Å²) in [5.41, 5.74) is 6.60. The Labute approximate surface area is 131 Å². The number of hydrogen-bond acceptors (Lipinski definition) is 2. The molecule has 0 unspecified atom stereocenters. The van der Waals surface area contributed by atoms with Crippen LogP contribution in [0.1, 0.15) is 15.9 Å². The van der Waals surface area contributed by atoms with Gasteiger partial charge in [0.2, 0.25) is 0 Å². The average molecular weight is 351 g/mol. The molecule has 0 saturated carbocycles. The molecule has 21 heavy (non-hydrogen) atoms. The molecule has 0 saturated heterocycles. The lowest BCUT2D eigenvalue weighted by Crippen LogP contribution is -2.35. The van der Waals surface area contributed by atoms with E-state index in [0.29, 0.717) is 19.6 Å². The van der Waals surface area contributed by atoms with Crippen molar-refractivity contribution in [3.63, 3.8) is 0 Å². The van der Waals surface area contributed by atoms with Crippen molar-refractivity contribution in [1.29, 1.82) is 0 Å². The Morgan fingerprint density at radius 2 is 1.86 bits per heavy atom. The Morgan fingerprint density at radius 3 is 2.52 bits per heavy atom. The summed E-state index contributed by atoms with van der Waals surface area (Å²) >= 11 is 3.10. The number of benzene rings is 2. The number of carbonyl (C=O) groups is 1. The van der Waals surface area contributed by atoms with Crippen molar-refractivity contribution < 1.29 is 9.18 Å². The summed E-state index contributed by atoms with van der Waals surface area (Å²) in [5, 5.41) is 0. The molecule has 0 bridgehead atoms. The fourth-order valence-electron chi connectivity index (χ4n) is 2.05. The van der Waals surface area contributed by atoms with Gasteiger partial charge in [-0.15, -0.1) is 0 Å². The molecule has 0 aromatic heterocycles. The third kappa shape index (κ3) is 3.89. The van der Waals surface area contributed by atoms with Crippen molar-refractivity contribution in [2.45, 2.75) is 6.54 Å². The molecule has 3 nitrogen and oxygen atoms in total. The molecule has 2 aromatic rings. The zero-order valence-corrected chi connectivity index (χ0v) is 13.0. The second kappa shape index (κ2) is 7.33. The van der Waals surface area contributed by atoms with Crippen LogP contribution in [0.2, 0.25) is 0 Å². The van der Waals surface area contributed by atoms with E-state index in [2.05, 4.69) is 15.9 Å². The normalized spacial score (nSPS) is 10.4. The van der Waals surface area contributed by atoms with E-state index < -0.39 is 5.82 Å². The number of amides is 1. The van der Waals surface area contributed by atoms with E-state index in [-0.39, 0.29) is 15.9 Å². The summed E-state index contributed by atoms with van der Waals surface area (Å²) in [5.74, 6) is -0.902. The molecule has 5 heteroatoms. The van der Waals surface area contributed by atoms with Gasteiger partial charge in [-0.3, -0.25) is 4.79 Å². The summed E-state index contributed by atoms with van der Waals surface area (Å²) in [7, 11) is 0. The zero-order chi connectivity index (χ0) is 15.2. The van der Waals surface area contributed by atoms with Gasteiger partial charge in [-0.2, -0.15) is 0 Å². The maximum Gasteiger partial charge on any atom is 0.257 e. The first-order valence-electron chi connectivity index (χ1n) is 6.60. The van der Waals surface area contributed by atoms with Crippen molar-refractivity contribution in [2.75, 3.05) is 13.1 Å². The smallest absolute Gasteiger partial charge is 0.257 e. The highest BCUT2D eigenvalue weighted by molar-refractivity contribution is 9.10. The predicted molar refractivity (Wildman–Crippen MR) is 84.3 cm³/mol. The number of halogens is 2. The fourth-order valence-corrected chi connectivity index (χ4v) is 2.42. The van der Waals surface area contributed by atoms with Gasteiger partial charge in [-0.1, -0.05) is 36.4 Å². The van der Waals surface area contributed by atoms with Crippen molar-refractivity contribution in [3.8, 4) is 0 Å². The van der Waals surface area contributed by atoms with E-state index in [1.807, 2.05) is 30.3 Å². The molecular formula is C16H16BrFN2O. The molecule has 0 heterocycles. The van der Waals surface area contributed by atoms with E-state index in [4.69, 9.17) is 5.73 Å². The molecule has 2 aromatic carbocycles. The highest BCUT2D eigenvalue weighted by Crippen LogP contribution is 2.20. The van der Waals surface area contributed by atoms with Crippen LogP contribution in [0.4, 0.5) is 4.39 Å². The molecule has 0 aliphatic heterocycles. The Hall–Kier alpha value is -1.72. The highest BCUT2D eigenvalue weighted by atomic mass is 79.9. The lowest BCUT2D eigenvalue weighted by molar-refractivity contribution is 0.0743. The molecular weight excluding hydrogens is 335 g/mol. The van der Waals surface area contributed by atoms with Crippen LogP contribution in [0.3, 0.4) is 0 Å². The number of rotatable bonds is 5. The summed E-state index contributed by atoms with van der Waals surface area (Å²) in [6, 6.07) is 14.3. The first-order chi connectivity index (χ1) is 10.1. The van der Waals surface area contributed by atoms with Crippen LogP contribution in [0.5, 0.6) is 0 Å². The van der Waals surface area contributed by atoms with Gasteiger partial charge < -0.3 is 10.6 Å². The predicted octanol–water partition coefficient (Wildman–Crippen LogP) is 3.19. The monoisotopic (exact) mass is 350 g/mol. The Kier molecular flexibility index (Phi) is 5.47. The first-order valence-corrected chi connectivity index (χ1v) is 7.40. The van der Waals surface area contributed by atoms with Gasteiger partial charge in [-0.05, 0) is 33.6 Å². The summed E-state index contributed by atoms with van der Waals surface area (Å²) < 4.78 is 14.3. The minimum absolute atomic E-state index is 0.0498. The minimum Gasteiger partial charge on any atom is -0.333 e. The van der Waals surface area contributed by atoms with Crippen molar-refractivity contribution >= 4 is 21.8 Å². The lowest BCUT2D eigenvalue weighted by atomic mass is 10.1. The summed E-state index contributed by atoms with van der Waals surface area (Å²) in [6.45, 7) is 1.11. The Balaban J connectivity index is 2.25. The minimum atomic E-state index is -0.544. The van der Waals surface area contributed by atoms with Gasteiger partial charge in [0.25, 0.3) is 5.91 Å². The molecule has 0 fully saturated rings. The van der Waals surface area contributed by atoms with E-state index in [9.17, 15) is 9.18 Å². The fraction of sp³-hybridized carbons (Fsp3) is 0.188. The third-order valence-corrected chi connectivity index (χ3v) is 3.70. The van der Waals surface area contributed by atoms with Gasteiger partial charge in [0, 0.05) is 19.6 Å². The Morgan fingerprint density at radius 1 is 1.14 bits per heavy atom. The second-order valence-electron chi connectivity index (χ2n) is 4.60. The van der Waals surface area contributed by atoms with Gasteiger partial charge in [0.05, 0.1) is 10.0 Å². The van der Waals surface area contributed by atoms with Crippen LogP contribution in [-0.4, -0.2) is 23.9 Å². The molecule has 2 N–H and O–H groups in total. The van der Waals surface area contributed by atoms with Crippen LogP contribution < -0.4 is 5.73 Å². The third-order valence-electron chi connectivity index (χ3n) is 3.08. The van der Waals surface area contributed by atoms with Crippen LogP contribution >= 0.6 is 15.9 Å². The molecule has 0 atom stereocenters. The van der Waals surface area contributed by atoms with E-state index >= 15 is 0 Å². The van der Waals surface area contributed by atoms with E-state index in [0.717, 1.165) is 5.56 Å². The zero-order valence-electron chi connectivity index (χ0n) is 11.4. The van der Waals surface area contributed by atoms with Gasteiger partial charge in [0.15, 0.2) is 0 Å². The Bertz CT molecular complexity index is 619. The SMILES string of the molecule is NCCN(Cc1ccccc1)C(=O)c1cccc(Br)c1F. The molecule has 0 radical (unpaired) electrons. The molecule has 2 rings (SSSR count). The first kappa shape index (κ1) is 15.7. The quantitative estimate of drug-likeness (QED) is 0.899. The van der Waals surface area contributed by atoms with Crippen molar-refractivity contribution in [1.82, 2.24) is 4.90 Å². The number of hydrogen-bond donors (Lipinski definition) is 1. The van der Waals surface area contributed by atoms with E-state index in [1.54, 1.807) is 17.0 Å². The van der Waals surface area contributed by atoms with Crippen molar-refractivity contribution in [2.24, 2.45) is 5.73 Å². The largest absolute Gasteiger partial charge is 0.333 e. The van der Waals surface area contributed by atoms with Gasteiger partial charge in [0.1, 0.15) is 5.82 Å². The number of nitrogens with zero attached hydrogens (tertiary/aromatic N) is 1. The standard InChI is InChI=1S/C16H16BrFN2O/c17-14-8-4-7-13(15(14)18)16(21)20(10-9-19)11-12-5-2-1-3-6-12/h1-8H,9-11,19H2. The maximum atomic E-state index is 14.1. The van der Waals surface area contributed by atoms with Gasteiger partial charge >= 0.3 is 0 Å². The van der Waals surface area contributed by atoms with Crippen LogP contribution in [0.25, 0.3) is 0 Å². The summed E-state index contributed by atoms with van der Waals surface area (Å²) in [6.07, 6.45) is 0. The van der Waals surface area contributed by atoms with Crippen molar-refractivity contribution in [3.05, 3.63) is 69.9 Å². The molecule has 0 spiro atoms. The second-order valence-corrected chi connectivity index (χ2v) is 5.46.